The van der Waals surface area contributed by atoms with Crippen molar-refractivity contribution in [1.82, 2.24) is 0 Å². The van der Waals surface area contributed by atoms with Gasteiger partial charge >= 0.3 is 5.76 Å². The Hall–Kier alpha value is -2.15. The molecule has 0 aliphatic heterocycles. The van der Waals surface area contributed by atoms with E-state index in [0.717, 1.165) is 17.3 Å². The summed E-state index contributed by atoms with van der Waals surface area (Å²) in [6, 6.07) is 13.4. The first-order chi connectivity index (χ1) is 10.9. The molecule has 7 heteroatoms. The molecule has 0 saturated carbocycles. The van der Waals surface area contributed by atoms with Crippen LogP contribution in [0.15, 0.2) is 53.4 Å². The molecular formula is C16H17F2NO3S. The van der Waals surface area contributed by atoms with Crippen molar-refractivity contribution in [3.8, 4) is 5.75 Å². The quantitative estimate of drug-likeness (QED) is 0.867. The molecule has 4 nitrogen and oxygen atoms in total. The smallest absolute Gasteiger partial charge is 0.341 e. The lowest BCUT2D eigenvalue weighted by molar-refractivity contribution is 0.234. The topological polar surface area (TPSA) is 55.4 Å². The molecule has 1 atom stereocenters. The Morgan fingerprint density at radius 3 is 2.30 bits per heavy atom. The summed E-state index contributed by atoms with van der Waals surface area (Å²) in [7, 11) is -3.45. The van der Waals surface area contributed by atoms with Crippen LogP contribution in [0.1, 0.15) is 18.5 Å². The highest BCUT2D eigenvalue weighted by atomic mass is 32.2. The van der Waals surface area contributed by atoms with Gasteiger partial charge in [-0.3, -0.25) is 0 Å². The molecule has 0 radical (unpaired) electrons. The van der Waals surface area contributed by atoms with Gasteiger partial charge in [0.25, 0.3) is 0 Å². The fraction of sp³-hybridized carbons (Fsp3) is 0.250. The Bertz CT molecular complexity index is 764. The van der Waals surface area contributed by atoms with Crippen LogP contribution >= 0.6 is 0 Å². The largest absolute Gasteiger partial charge is 0.495 e. The van der Waals surface area contributed by atoms with Crippen LogP contribution in [0.5, 0.6) is 5.75 Å². The SMILES string of the molecule is COc1cc([C@@H](C)Nc2ccccc2)ccc1S(=O)(=O)C(F)F. The van der Waals surface area contributed by atoms with E-state index < -0.39 is 20.5 Å². The van der Waals surface area contributed by atoms with Gasteiger partial charge in [0, 0.05) is 11.7 Å². The van der Waals surface area contributed by atoms with Crippen molar-refractivity contribution in [3.63, 3.8) is 0 Å². The maximum Gasteiger partial charge on any atom is 0.341 e. The van der Waals surface area contributed by atoms with E-state index in [4.69, 9.17) is 4.74 Å². The molecule has 0 bridgehead atoms. The fourth-order valence-corrected chi connectivity index (χ4v) is 3.02. The lowest BCUT2D eigenvalue weighted by Crippen LogP contribution is -2.13. The summed E-state index contributed by atoms with van der Waals surface area (Å²) >= 11 is 0. The lowest BCUT2D eigenvalue weighted by atomic mass is 10.1. The monoisotopic (exact) mass is 341 g/mol. The van der Waals surface area contributed by atoms with Crippen molar-refractivity contribution >= 4 is 15.5 Å². The zero-order valence-corrected chi connectivity index (χ0v) is 13.5. The van der Waals surface area contributed by atoms with Gasteiger partial charge in [-0.25, -0.2) is 8.42 Å². The van der Waals surface area contributed by atoms with Crippen molar-refractivity contribution in [3.05, 3.63) is 54.1 Å². The molecule has 0 fully saturated rings. The van der Waals surface area contributed by atoms with Crippen LogP contribution in [0.4, 0.5) is 14.5 Å². The van der Waals surface area contributed by atoms with Gasteiger partial charge in [-0.15, -0.1) is 0 Å². The van der Waals surface area contributed by atoms with Crippen LogP contribution in [0.25, 0.3) is 0 Å². The molecule has 0 aromatic heterocycles. The second-order valence-electron chi connectivity index (χ2n) is 4.95. The molecule has 0 unspecified atom stereocenters. The van der Waals surface area contributed by atoms with Crippen molar-refractivity contribution in [2.45, 2.75) is 23.6 Å². The van der Waals surface area contributed by atoms with E-state index in [-0.39, 0.29) is 11.8 Å². The highest BCUT2D eigenvalue weighted by molar-refractivity contribution is 7.91. The number of alkyl halides is 2. The normalized spacial score (nSPS) is 12.9. The molecule has 1 N–H and O–H groups in total. The van der Waals surface area contributed by atoms with Crippen LogP contribution < -0.4 is 10.1 Å². The predicted octanol–water partition coefficient (Wildman–Crippen LogP) is 3.86. The third-order valence-corrected chi connectivity index (χ3v) is 4.81. The third-order valence-electron chi connectivity index (χ3n) is 3.39. The van der Waals surface area contributed by atoms with Crippen molar-refractivity contribution in [1.29, 1.82) is 0 Å². The van der Waals surface area contributed by atoms with Crippen LogP contribution in [-0.4, -0.2) is 21.3 Å². The highest BCUT2D eigenvalue weighted by Gasteiger charge is 2.30. The minimum Gasteiger partial charge on any atom is -0.495 e. The summed E-state index contributed by atoms with van der Waals surface area (Å²) in [5.74, 6) is -3.58. The second kappa shape index (κ2) is 6.95. The van der Waals surface area contributed by atoms with Crippen LogP contribution in [-0.2, 0) is 9.84 Å². The van der Waals surface area contributed by atoms with Gasteiger partial charge in [0.1, 0.15) is 10.6 Å². The van der Waals surface area contributed by atoms with Crippen LogP contribution in [0, 0.1) is 0 Å². The second-order valence-corrected chi connectivity index (χ2v) is 6.83. The molecule has 2 aromatic rings. The predicted molar refractivity (Wildman–Crippen MR) is 84.7 cm³/mol. The van der Waals surface area contributed by atoms with E-state index in [1.165, 1.54) is 19.2 Å². The molecule has 0 amide bonds. The summed E-state index contributed by atoms with van der Waals surface area (Å²) in [6.07, 6.45) is 0. The standard InChI is InChI=1S/C16H17F2NO3S/c1-11(19-13-6-4-3-5-7-13)12-8-9-15(14(10-12)22-2)23(20,21)16(17)18/h3-11,16,19H,1-2H3/t11-/m1/s1. The van der Waals surface area contributed by atoms with Gasteiger partial charge in [-0.2, -0.15) is 8.78 Å². The van der Waals surface area contributed by atoms with Crippen LogP contribution in [0.2, 0.25) is 0 Å². The molecule has 124 valence electrons. The molecule has 23 heavy (non-hydrogen) atoms. The average molecular weight is 341 g/mol. The summed E-state index contributed by atoms with van der Waals surface area (Å²) < 4.78 is 53.7. The van der Waals surface area contributed by atoms with Gasteiger partial charge in [0.15, 0.2) is 0 Å². The molecular weight excluding hydrogens is 324 g/mol. The molecule has 0 heterocycles. The zero-order chi connectivity index (χ0) is 17.0. The third kappa shape index (κ3) is 3.79. The minimum absolute atomic E-state index is 0.0930. The number of ether oxygens (including phenoxy) is 1. The van der Waals surface area contributed by atoms with E-state index in [1.807, 2.05) is 37.3 Å². The first kappa shape index (κ1) is 17.2. The Labute approximate surface area is 134 Å². The molecule has 0 aliphatic rings. The van der Waals surface area contributed by atoms with Crippen molar-refractivity contribution in [2.75, 3.05) is 12.4 Å². The Kier molecular flexibility index (Phi) is 5.20. The highest BCUT2D eigenvalue weighted by Crippen LogP contribution is 2.31. The first-order valence-electron chi connectivity index (χ1n) is 6.88. The minimum atomic E-state index is -4.70. The maximum absolute atomic E-state index is 12.7. The zero-order valence-electron chi connectivity index (χ0n) is 12.7. The fourth-order valence-electron chi connectivity index (χ4n) is 2.15. The van der Waals surface area contributed by atoms with E-state index in [2.05, 4.69) is 5.32 Å². The van der Waals surface area contributed by atoms with E-state index in [9.17, 15) is 17.2 Å². The number of anilines is 1. The Morgan fingerprint density at radius 2 is 1.74 bits per heavy atom. The number of hydrogen-bond acceptors (Lipinski definition) is 4. The summed E-state index contributed by atoms with van der Waals surface area (Å²) in [6.45, 7) is 1.88. The molecule has 2 aromatic carbocycles. The molecule has 2 rings (SSSR count). The summed E-state index contributed by atoms with van der Waals surface area (Å²) in [5.41, 5.74) is 1.61. The summed E-state index contributed by atoms with van der Waals surface area (Å²) in [5, 5.41) is 3.24. The molecule has 0 spiro atoms. The van der Waals surface area contributed by atoms with Gasteiger partial charge < -0.3 is 10.1 Å². The van der Waals surface area contributed by atoms with Gasteiger partial charge in [0.05, 0.1) is 7.11 Å². The number of methoxy groups -OCH3 is 1. The van der Waals surface area contributed by atoms with E-state index in [0.29, 0.717) is 0 Å². The average Bonchev–Trinajstić information content (AvgIpc) is 2.54. The van der Waals surface area contributed by atoms with Gasteiger partial charge in [0.2, 0.25) is 9.84 Å². The number of sulfone groups is 1. The maximum atomic E-state index is 12.7. The first-order valence-corrected chi connectivity index (χ1v) is 8.42. The number of rotatable bonds is 6. The molecule has 0 saturated heterocycles. The number of nitrogens with one attached hydrogen (secondary N) is 1. The molecule has 0 aliphatic carbocycles. The van der Waals surface area contributed by atoms with Crippen molar-refractivity contribution < 1.29 is 21.9 Å². The summed E-state index contributed by atoms with van der Waals surface area (Å²) in [4.78, 5) is -0.509. The number of halogens is 2. The lowest BCUT2D eigenvalue weighted by Gasteiger charge is -2.18. The Balaban J connectivity index is 2.32. The van der Waals surface area contributed by atoms with Crippen LogP contribution in [0.3, 0.4) is 0 Å². The van der Waals surface area contributed by atoms with E-state index in [1.54, 1.807) is 0 Å². The van der Waals surface area contributed by atoms with Gasteiger partial charge in [-0.05, 0) is 36.8 Å². The van der Waals surface area contributed by atoms with Crippen molar-refractivity contribution in [2.24, 2.45) is 0 Å². The Morgan fingerprint density at radius 1 is 1.09 bits per heavy atom. The number of hydrogen-bond donors (Lipinski definition) is 1. The number of benzene rings is 2. The number of para-hydroxylation sites is 1. The van der Waals surface area contributed by atoms with Gasteiger partial charge in [-0.1, -0.05) is 24.3 Å². The van der Waals surface area contributed by atoms with E-state index >= 15 is 0 Å².